The zero-order valence-electron chi connectivity index (χ0n) is 15.7. The molecule has 7 nitrogen and oxygen atoms in total. The molecule has 146 valence electrons. The Kier molecular flexibility index (Phi) is 5.02. The molecule has 2 aromatic carbocycles. The van der Waals surface area contributed by atoms with Gasteiger partial charge in [0.25, 0.3) is 17.4 Å². The van der Waals surface area contributed by atoms with Gasteiger partial charge >= 0.3 is 0 Å². The van der Waals surface area contributed by atoms with E-state index in [2.05, 4.69) is 15.5 Å². The van der Waals surface area contributed by atoms with Gasteiger partial charge in [0, 0.05) is 25.3 Å². The van der Waals surface area contributed by atoms with Crippen LogP contribution in [0.5, 0.6) is 5.75 Å². The van der Waals surface area contributed by atoms with Crippen LogP contribution >= 0.6 is 0 Å². The second kappa shape index (κ2) is 7.61. The van der Waals surface area contributed by atoms with Crippen molar-refractivity contribution in [3.05, 3.63) is 54.1 Å². The van der Waals surface area contributed by atoms with Crippen molar-refractivity contribution in [3.8, 4) is 5.75 Å². The van der Waals surface area contributed by atoms with Crippen LogP contribution in [0.15, 0.2) is 48.5 Å². The smallest absolute Gasteiger partial charge is 0.278 e. The van der Waals surface area contributed by atoms with E-state index in [0.717, 1.165) is 38.4 Å². The van der Waals surface area contributed by atoms with Crippen LogP contribution < -0.4 is 15.4 Å². The van der Waals surface area contributed by atoms with E-state index in [1.54, 1.807) is 30.3 Å². The first-order valence-electron chi connectivity index (χ1n) is 9.34. The molecule has 0 radical (unpaired) electrons. The molecule has 4 rings (SSSR count). The summed E-state index contributed by atoms with van der Waals surface area (Å²) in [5.41, 5.74) is 0.635. The molecule has 1 unspecified atom stereocenters. The van der Waals surface area contributed by atoms with Crippen molar-refractivity contribution in [2.75, 3.05) is 36.9 Å². The third-order valence-electron chi connectivity index (χ3n) is 5.01. The lowest BCUT2D eigenvalue weighted by Crippen LogP contribution is -2.56. The Morgan fingerprint density at radius 3 is 2.79 bits per heavy atom. The number of ether oxygens (including phenoxy) is 2. The molecule has 2 N–H and O–H groups in total. The van der Waals surface area contributed by atoms with Gasteiger partial charge in [-0.05, 0) is 36.8 Å². The van der Waals surface area contributed by atoms with Gasteiger partial charge in [0.1, 0.15) is 5.75 Å². The lowest BCUT2D eigenvalue weighted by Gasteiger charge is -2.33. The standard InChI is InChI=1S/C21H23N3O4/c1-21(20(26)23-17-7-2-3-8-18(17)28-21)19(25)22-16-6-4-5-15(13-16)14-24-9-11-27-12-10-24/h2-8,13H,9-12,14H2,1H3,(H,22,25)(H,23,26). The molecule has 28 heavy (non-hydrogen) atoms. The quantitative estimate of drug-likeness (QED) is 0.794. The number of fused-ring (bicyclic) bond motifs is 1. The van der Waals surface area contributed by atoms with Crippen LogP contribution in [0.3, 0.4) is 0 Å². The van der Waals surface area contributed by atoms with E-state index < -0.39 is 17.4 Å². The Balaban J connectivity index is 1.47. The van der Waals surface area contributed by atoms with Crippen molar-refractivity contribution >= 4 is 23.2 Å². The molecule has 1 saturated heterocycles. The molecule has 2 amide bonds. The fourth-order valence-corrected chi connectivity index (χ4v) is 3.33. The number of morpholine rings is 1. The van der Waals surface area contributed by atoms with Crippen molar-refractivity contribution in [2.24, 2.45) is 0 Å². The number of hydrogen-bond acceptors (Lipinski definition) is 5. The first-order chi connectivity index (χ1) is 13.5. The molecule has 7 heteroatoms. The number of hydrogen-bond donors (Lipinski definition) is 2. The molecule has 2 aliphatic rings. The Bertz CT molecular complexity index is 895. The summed E-state index contributed by atoms with van der Waals surface area (Å²) in [6.07, 6.45) is 0. The average molecular weight is 381 g/mol. The van der Waals surface area contributed by atoms with E-state index in [9.17, 15) is 9.59 Å². The summed E-state index contributed by atoms with van der Waals surface area (Å²) in [5, 5.41) is 5.56. The molecule has 0 aliphatic carbocycles. The molecule has 0 saturated carbocycles. The molecule has 0 aromatic heterocycles. The largest absolute Gasteiger partial charge is 0.466 e. The van der Waals surface area contributed by atoms with Crippen LogP contribution in [0.1, 0.15) is 12.5 Å². The number of anilines is 2. The lowest BCUT2D eigenvalue weighted by molar-refractivity contribution is -0.143. The van der Waals surface area contributed by atoms with Gasteiger partial charge in [-0.1, -0.05) is 24.3 Å². The van der Waals surface area contributed by atoms with Crippen molar-refractivity contribution in [1.29, 1.82) is 0 Å². The maximum Gasteiger partial charge on any atom is 0.278 e. The Labute approximate surface area is 163 Å². The maximum atomic E-state index is 12.9. The number of nitrogens with one attached hydrogen (secondary N) is 2. The molecule has 0 spiro atoms. The number of benzene rings is 2. The van der Waals surface area contributed by atoms with Gasteiger partial charge in [0.05, 0.1) is 18.9 Å². The van der Waals surface area contributed by atoms with Crippen LogP contribution in [-0.2, 0) is 20.9 Å². The molecule has 2 aromatic rings. The van der Waals surface area contributed by atoms with E-state index in [0.29, 0.717) is 17.1 Å². The van der Waals surface area contributed by atoms with E-state index in [1.165, 1.54) is 6.92 Å². The topological polar surface area (TPSA) is 79.9 Å². The second-order valence-corrected chi connectivity index (χ2v) is 7.13. The van der Waals surface area contributed by atoms with Gasteiger partial charge in [0.2, 0.25) is 0 Å². The number of carbonyl (C=O) groups is 2. The van der Waals surface area contributed by atoms with Crippen molar-refractivity contribution in [3.63, 3.8) is 0 Å². The fraction of sp³-hybridized carbons (Fsp3) is 0.333. The summed E-state index contributed by atoms with van der Waals surface area (Å²) in [6, 6.07) is 14.7. The Hall–Kier alpha value is -2.90. The third kappa shape index (κ3) is 3.72. The molecular formula is C21H23N3O4. The van der Waals surface area contributed by atoms with E-state index in [1.807, 2.05) is 18.2 Å². The number of rotatable bonds is 4. The summed E-state index contributed by atoms with van der Waals surface area (Å²) >= 11 is 0. The minimum Gasteiger partial charge on any atom is -0.466 e. The lowest BCUT2D eigenvalue weighted by atomic mass is 10.0. The predicted octanol–water partition coefficient (Wildman–Crippen LogP) is 2.25. The normalized spacial score (nSPS) is 22.0. The van der Waals surface area contributed by atoms with Gasteiger partial charge in [-0.2, -0.15) is 0 Å². The molecule has 2 aliphatic heterocycles. The van der Waals surface area contributed by atoms with E-state index in [-0.39, 0.29) is 0 Å². The number of para-hydroxylation sites is 2. The predicted molar refractivity (Wildman–Crippen MR) is 105 cm³/mol. The van der Waals surface area contributed by atoms with E-state index >= 15 is 0 Å². The monoisotopic (exact) mass is 381 g/mol. The number of carbonyl (C=O) groups excluding carboxylic acids is 2. The van der Waals surface area contributed by atoms with Crippen LogP contribution in [0.2, 0.25) is 0 Å². The average Bonchev–Trinajstić information content (AvgIpc) is 2.70. The minimum absolute atomic E-state index is 0.473. The number of amides is 2. The maximum absolute atomic E-state index is 12.9. The second-order valence-electron chi connectivity index (χ2n) is 7.13. The fourth-order valence-electron chi connectivity index (χ4n) is 3.33. The molecular weight excluding hydrogens is 358 g/mol. The first-order valence-corrected chi connectivity index (χ1v) is 9.34. The highest BCUT2D eigenvalue weighted by Gasteiger charge is 2.47. The summed E-state index contributed by atoms with van der Waals surface area (Å²) in [6.45, 7) is 5.52. The summed E-state index contributed by atoms with van der Waals surface area (Å²) in [5.74, 6) is -0.531. The highest BCUT2D eigenvalue weighted by Crippen LogP contribution is 2.33. The van der Waals surface area contributed by atoms with Crippen LogP contribution in [0, 0.1) is 0 Å². The Morgan fingerprint density at radius 1 is 1.18 bits per heavy atom. The Morgan fingerprint density at radius 2 is 1.96 bits per heavy atom. The van der Waals surface area contributed by atoms with Crippen LogP contribution in [0.25, 0.3) is 0 Å². The first kappa shape index (κ1) is 18.5. The number of nitrogens with zero attached hydrogens (tertiary/aromatic N) is 1. The third-order valence-corrected chi connectivity index (χ3v) is 5.01. The van der Waals surface area contributed by atoms with Crippen molar-refractivity contribution in [1.82, 2.24) is 4.90 Å². The zero-order chi connectivity index (χ0) is 19.6. The summed E-state index contributed by atoms with van der Waals surface area (Å²) < 4.78 is 11.1. The van der Waals surface area contributed by atoms with Crippen molar-refractivity contribution < 1.29 is 19.1 Å². The van der Waals surface area contributed by atoms with Gasteiger partial charge in [-0.25, -0.2) is 0 Å². The molecule has 1 atom stereocenters. The van der Waals surface area contributed by atoms with Crippen molar-refractivity contribution in [2.45, 2.75) is 19.1 Å². The summed E-state index contributed by atoms with van der Waals surface area (Å²) in [4.78, 5) is 27.7. The van der Waals surface area contributed by atoms with Gasteiger partial charge < -0.3 is 20.1 Å². The minimum atomic E-state index is -1.64. The molecule has 1 fully saturated rings. The SMILES string of the molecule is CC1(C(=O)Nc2cccc(CN3CCOCC3)c2)Oc2ccccc2NC1=O. The van der Waals surface area contributed by atoms with E-state index in [4.69, 9.17) is 9.47 Å². The van der Waals surface area contributed by atoms with Gasteiger partial charge in [-0.15, -0.1) is 0 Å². The highest BCUT2D eigenvalue weighted by atomic mass is 16.5. The summed E-state index contributed by atoms with van der Waals surface area (Å²) in [7, 11) is 0. The van der Waals surface area contributed by atoms with Crippen LogP contribution in [0.4, 0.5) is 11.4 Å². The molecule has 0 bridgehead atoms. The highest BCUT2D eigenvalue weighted by molar-refractivity contribution is 6.19. The van der Waals surface area contributed by atoms with Gasteiger partial charge in [-0.3, -0.25) is 14.5 Å². The molecule has 2 heterocycles. The zero-order valence-corrected chi connectivity index (χ0v) is 15.7. The van der Waals surface area contributed by atoms with Crippen LogP contribution in [-0.4, -0.2) is 48.6 Å². The van der Waals surface area contributed by atoms with Gasteiger partial charge in [0.15, 0.2) is 0 Å².